The van der Waals surface area contributed by atoms with E-state index in [1.807, 2.05) is 42.5 Å². The highest BCUT2D eigenvalue weighted by Gasteiger charge is 2.47. The summed E-state index contributed by atoms with van der Waals surface area (Å²) >= 11 is 0. The van der Waals surface area contributed by atoms with Gasteiger partial charge in [0.05, 0.1) is 6.54 Å². The fraction of sp³-hybridized carbons (Fsp3) is 0.300. The topological polar surface area (TPSA) is 66.8 Å². The lowest BCUT2D eigenvalue weighted by Gasteiger charge is -2.22. The summed E-state index contributed by atoms with van der Waals surface area (Å²) in [6.07, 6.45) is -1.03. The van der Waals surface area contributed by atoms with Gasteiger partial charge in [-0.3, -0.25) is 4.79 Å². The number of hydrogen-bond acceptors (Lipinski definition) is 3. The van der Waals surface area contributed by atoms with Crippen LogP contribution in [0.15, 0.2) is 54.6 Å². The Morgan fingerprint density at radius 1 is 1.12 bits per heavy atom. The van der Waals surface area contributed by atoms with E-state index in [0.29, 0.717) is 5.75 Å². The molecule has 2 aromatic carbocycles. The molecule has 6 heteroatoms. The first-order chi connectivity index (χ1) is 12.4. The van der Waals surface area contributed by atoms with Crippen molar-refractivity contribution in [1.82, 2.24) is 4.90 Å². The van der Waals surface area contributed by atoms with Crippen molar-refractivity contribution in [3.8, 4) is 16.9 Å². The van der Waals surface area contributed by atoms with Crippen molar-refractivity contribution in [3.05, 3.63) is 54.6 Å². The average Bonchev–Trinajstić information content (AvgIpc) is 3.06. The molecule has 0 radical (unpaired) electrons. The molecule has 136 valence electrons. The predicted molar refractivity (Wildman–Crippen MR) is 94.6 cm³/mol. The number of likely N-dealkylation sites (tertiary alicyclic amines) is 1. The zero-order valence-corrected chi connectivity index (χ0v) is 14.4. The third kappa shape index (κ3) is 3.69. The van der Waals surface area contributed by atoms with Crippen molar-refractivity contribution in [3.63, 3.8) is 0 Å². The Morgan fingerprint density at radius 3 is 2.31 bits per heavy atom. The molecule has 0 spiro atoms. The molecular weight excluding hydrogens is 337 g/mol. The van der Waals surface area contributed by atoms with Crippen LogP contribution in [0.1, 0.15) is 13.3 Å². The van der Waals surface area contributed by atoms with E-state index in [-0.39, 0.29) is 13.0 Å². The Balaban J connectivity index is 1.62. The van der Waals surface area contributed by atoms with Gasteiger partial charge in [0.25, 0.3) is 5.91 Å². The molecule has 5 nitrogen and oxygen atoms in total. The van der Waals surface area contributed by atoms with Crippen molar-refractivity contribution >= 4 is 11.9 Å². The number of amides is 1. The quantitative estimate of drug-likeness (QED) is 0.893. The molecule has 0 aromatic heterocycles. The highest BCUT2D eigenvalue weighted by Crippen LogP contribution is 2.27. The van der Waals surface area contributed by atoms with E-state index in [9.17, 15) is 14.0 Å². The summed E-state index contributed by atoms with van der Waals surface area (Å²) in [7, 11) is 0. The predicted octanol–water partition coefficient (Wildman–Crippen LogP) is 3.15. The van der Waals surface area contributed by atoms with E-state index in [0.717, 1.165) is 11.1 Å². The lowest BCUT2D eigenvalue weighted by molar-refractivity contribution is -0.150. The highest BCUT2D eigenvalue weighted by atomic mass is 19.1. The molecule has 1 amide bonds. The molecule has 2 atom stereocenters. The number of nitrogens with zero attached hydrogens (tertiary/aromatic N) is 1. The average molecular weight is 357 g/mol. The fourth-order valence-corrected chi connectivity index (χ4v) is 3.00. The van der Waals surface area contributed by atoms with E-state index >= 15 is 0 Å². The molecular formula is C20H20FNO4. The summed E-state index contributed by atoms with van der Waals surface area (Å²) in [5, 5.41) is 8.92. The van der Waals surface area contributed by atoms with E-state index in [1.165, 1.54) is 4.90 Å². The van der Waals surface area contributed by atoms with Gasteiger partial charge in [-0.2, -0.15) is 0 Å². The van der Waals surface area contributed by atoms with Gasteiger partial charge >= 0.3 is 5.97 Å². The molecule has 3 rings (SSSR count). The van der Waals surface area contributed by atoms with Gasteiger partial charge in [0.15, 0.2) is 6.10 Å². The molecule has 0 aliphatic carbocycles. The second-order valence-electron chi connectivity index (χ2n) is 6.43. The van der Waals surface area contributed by atoms with Crippen molar-refractivity contribution in [2.24, 2.45) is 0 Å². The number of hydrogen-bond donors (Lipinski definition) is 1. The van der Waals surface area contributed by atoms with Crippen LogP contribution >= 0.6 is 0 Å². The molecule has 26 heavy (non-hydrogen) atoms. The third-order valence-electron chi connectivity index (χ3n) is 4.54. The minimum atomic E-state index is -2.37. The van der Waals surface area contributed by atoms with Gasteiger partial charge in [0.1, 0.15) is 5.75 Å². The molecule has 1 N–H and O–H groups in total. The Bertz CT molecular complexity index is 793. The summed E-state index contributed by atoms with van der Waals surface area (Å²) in [6.45, 7) is 1.20. The summed E-state index contributed by atoms with van der Waals surface area (Å²) < 4.78 is 19.8. The molecule has 1 heterocycles. The second kappa shape index (κ2) is 7.15. The normalized spacial score (nSPS) is 20.6. The van der Waals surface area contributed by atoms with Crippen LogP contribution in [-0.2, 0) is 9.59 Å². The number of ether oxygens (including phenoxy) is 1. The summed E-state index contributed by atoms with van der Waals surface area (Å²) in [5.74, 6) is -1.43. The number of carboxylic acid groups (broad SMARTS) is 1. The van der Waals surface area contributed by atoms with Crippen molar-refractivity contribution in [2.75, 3.05) is 13.1 Å². The Morgan fingerprint density at radius 2 is 1.73 bits per heavy atom. The molecule has 1 aliphatic rings. The van der Waals surface area contributed by atoms with Crippen molar-refractivity contribution in [2.45, 2.75) is 25.1 Å². The van der Waals surface area contributed by atoms with Gasteiger partial charge in [0.2, 0.25) is 5.67 Å². The van der Waals surface area contributed by atoms with Crippen LogP contribution in [-0.4, -0.2) is 46.7 Å². The molecule has 1 saturated heterocycles. The Labute approximate surface area is 151 Å². The maximum atomic E-state index is 14.1. The molecule has 2 unspecified atom stereocenters. The minimum Gasteiger partial charge on any atom is -0.481 e. The van der Waals surface area contributed by atoms with Gasteiger partial charge in [-0.05, 0) is 30.2 Å². The largest absolute Gasteiger partial charge is 0.481 e. The van der Waals surface area contributed by atoms with Crippen LogP contribution in [0.2, 0.25) is 0 Å². The standard InChI is InChI=1S/C20H20FNO4/c1-14(18(23)22-12-11-20(21,13-22)19(24)25)26-17-9-7-16(8-10-17)15-5-3-2-4-6-15/h2-10,14H,11-13H2,1H3,(H,24,25). The van der Waals surface area contributed by atoms with Gasteiger partial charge in [-0.15, -0.1) is 0 Å². The summed E-state index contributed by atoms with van der Waals surface area (Å²) in [4.78, 5) is 24.6. The first-order valence-electron chi connectivity index (χ1n) is 8.42. The van der Waals surface area contributed by atoms with Crippen LogP contribution in [0.5, 0.6) is 5.75 Å². The van der Waals surface area contributed by atoms with Gasteiger partial charge in [-0.25, -0.2) is 9.18 Å². The highest BCUT2D eigenvalue weighted by molar-refractivity contribution is 5.84. The first-order valence-corrected chi connectivity index (χ1v) is 8.42. The number of carboxylic acids is 1. The van der Waals surface area contributed by atoms with Crippen molar-refractivity contribution < 1.29 is 23.8 Å². The molecule has 1 fully saturated rings. The molecule has 0 saturated carbocycles. The number of aliphatic carboxylic acids is 1. The van der Waals surface area contributed by atoms with Crippen LogP contribution in [0.3, 0.4) is 0 Å². The van der Waals surface area contributed by atoms with Gasteiger partial charge in [0, 0.05) is 13.0 Å². The van der Waals surface area contributed by atoms with Crippen LogP contribution in [0, 0.1) is 0 Å². The number of alkyl halides is 1. The van der Waals surface area contributed by atoms with Crippen LogP contribution in [0.25, 0.3) is 11.1 Å². The van der Waals surface area contributed by atoms with Crippen LogP contribution in [0.4, 0.5) is 4.39 Å². The smallest absolute Gasteiger partial charge is 0.343 e. The molecule has 2 aromatic rings. The third-order valence-corrected chi connectivity index (χ3v) is 4.54. The SMILES string of the molecule is CC(Oc1ccc(-c2ccccc2)cc1)C(=O)N1CCC(F)(C(=O)O)C1. The number of carbonyl (C=O) groups is 2. The first kappa shape index (κ1) is 17.9. The summed E-state index contributed by atoms with van der Waals surface area (Å²) in [5.41, 5.74) is -0.263. The van der Waals surface area contributed by atoms with Gasteiger partial charge < -0.3 is 14.7 Å². The number of carbonyl (C=O) groups excluding carboxylic acids is 1. The number of benzene rings is 2. The zero-order valence-electron chi connectivity index (χ0n) is 14.4. The Hall–Kier alpha value is -2.89. The van der Waals surface area contributed by atoms with E-state index in [4.69, 9.17) is 9.84 Å². The van der Waals surface area contributed by atoms with Crippen LogP contribution < -0.4 is 4.74 Å². The number of halogens is 1. The number of rotatable bonds is 5. The fourth-order valence-electron chi connectivity index (χ4n) is 3.00. The maximum Gasteiger partial charge on any atom is 0.343 e. The van der Waals surface area contributed by atoms with E-state index in [1.54, 1.807) is 19.1 Å². The molecule has 0 bridgehead atoms. The lowest BCUT2D eigenvalue weighted by atomic mass is 10.1. The molecule has 1 aliphatic heterocycles. The summed E-state index contributed by atoms with van der Waals surface area (Å²) in [6, 6.07) is 17.2. The lowest BCUT2D eigenvalue weighted by Crippen LogP contribution is -2.43. The van der Waals surface area contributed by atoms with Gasteiger partial charge in [-0.1, -0.05) is 42.5 Å². The van der Waals surface area contributed by atoms with E-state index < -0.39 is 30.2 Å². The maximum absolute atomic E-state index is 14.1. The Kier molecular flexibility index (Phi) is 4.93. The monoisotopic (exact) mass is 357 g/mol. The zero-order chi connectivity index (χ0) is 18.7. The minimum absolute atomic E-state index is 0.0717. The van der Waals surface area contributed by atoms with E-state index in [2.05, 4.69) is 0 Å². The van der Waals surface area contributed by atoms with Crippen molar-refractivity contribution in [1.29, 1.82) is 0 Å². The second-order valence-corrected chi connectivity index (χ2v) is 6.43.